The van der Waals surface area contributed by atoms with E-state index in [0.29, 0.717) is 13.1 Å². The number of likely N-dealkylation sites (tertiary alicyclic amines) is 1. The topological polar surface area (TPSA) is 61.8 Å². The van der Waals surface area contributed by atoms with E-state index in [1.807, 2.05) is 20.8 Å². The molecule has 1 rings (SSSR count). The maximum absolute atomic E-state index is 12.2. The number of nitrogens with zero attached hydrogens (tertiary/aromatic N) is 1. The second-order valence-corrected chi connectivity index (χ2v) is 5.61. The van der Waals surface area contributed by atoms with Crippen molar-refractivity contribution >= 4 is 6.03 Å². The summed E-state index contributed by atoms with van der Waals surface area (Å²) in [6.45, 7) is 7.08. The van der Waals surface area contributed by atoms with Crippen LogP contribution in [0.5, 0.6) is 0 Å². The highest BCUT2D eigenvalue weighted by Crippen LogP contribution is 2.31. The average molecular weight is 258 g/mol. The Morgan fingerprint density at radius 1 is 1.56 bits per heavy atom. The first-order valence-electron chi connectivity index (χ1n) is 6.62. The van der Waals surface area contributed by atoms with Gasteiger partial charge in [0, 0.05) is 20.2 Å². The predicted molar refractivity (Wildman–Crippen MR) is 70.5 cm³/mol. The van der Waals surface area contributed by atoms with Crippen LogP contribution < -0.4 is 5.32 Å². The van der Waals surface area contributed by atoms with Crippen molar-refractivity contribution in [3.05, 3.63) is 0 Å². The van der Waals surface area contributed by atoms with Crippen molar-refractivity contribution in [2.24, 2.45) is 0 Å². The van der Waals surface area contributed by atoms with Gasteiger partial charge in [-0.15, -0.1) is 0 Å². The number of ether oxygens (including phenoxy) is 1. The standard InChI is InChI=1S/C13H26N2O3/c1-5-13(10-16)7-6-8-15(13)11(17)14-9-12(2,3)18-4/h16H,5-10H2,1-4H3,(H,14,17)/t13-/m0/s1. The van der Waals surface area contributed by atoms with Crippen LogP contribution >= 0.6 is 0 Å². The molecule has 1 fully saturated rings. The fourth-order valence-electron chi connectivity index (χ4n) is 2.36. The van der Waals surface area contributed by atoms with Crippen LogP contribution in [0.15, 0.2) is 0 Å². The van der Waals surface area contributed by atoms with Gasteiger partial charge in [0.1, 0.15) is 0 Å². The van der Waals surface area contributed by atoms with Crippen LogP contribution in [0, 0.1) is 0 Å². The molecule has 0 saturated carbocycles. The second kappa shape index (κ2) is 5.89. The van der Waals surface area contributed by atoms with E-state index in [4.69, 9.17) is 4.74 Å². The van der Waals surface area contributed by atoms with E-state index < -0.39 is 0 Å². The lowest BCUT2D eigenvalue weighted by molar-refractivity contribution is 0.0218. The minimum absolute atomic E-state index is 0.0323. The highest BCUT2D eigenvalue weighted by atomic mass is 16.5. The number of nitrogens with one attached hydrogen (secondary N) is 1. The maximum Gasteiger partial charge on any atom is 0.318 e. The predicted octanol–water partition coefficient (Wildman–Crippen LogP) is 1.36. The molecule has 1 aliphatic rings. The smallest absolute Gasteiger partial charge is 0.318 e. The summed E-state index contributed by atoms with van der Waals surface area (Å²) in [7, 11) is 1.63. The van der Waals surface area contributed by atoms with E-state index in [9.17, 15) is 9.90 Å². The van der Waals surface area contributed by atoms with Gasteiger partial charge in [-0.05, 0) is 33.1 Å². The number of hydrogen-bond donors (Lipinski definition) is 2. The molecule has 0 aromatic carbocycles. The van der Waals surface area contributed by atoms with Crippen molar-refractivity contribution < 1.29 is 14.6 Å². The van der Waals surface area contributed by atoms with Crippen molar-refractivity contribution in [2.45, 2.75) is 51.2 Å². The van der Waals surface area contributed by atoms with E-state index in [0.717, 1.165) is 19.3 Å². The molecule has 1 heterocycles. The van der Waals surface area contributed by atoms with Gasteiger partial charge in [0.15, 0.2) is 0 Å². The van der Waals surface area contributed by atoms with E-state index in [1.165, 1.54) is 0 Å². The van der Waals surface area contributed by atoms with Crippen LogP contribution in [0.2, 0.25) is 0 Å². The van der Waals surface area contributed by atoms with Gasteiger partial charge >= 0.3 is 6.03 Å². The summed E-state index contributed by atoms with van der Waals surface area (Å²) >= 11 is 0. The zero-order chi connectivity index (χ0) is 13.8. The van der Waals surface area contributed by atoms with Crippen LogP contribution in [-0.4, -0.2) is 54.0 Å². The van der Waals surface area contributed by atoms with E-state index >= 15 is 0 Å². The molecule has 0 bridgehead atoms. The molecule has 1 aliphatic heterocycles. The van der Waals surface area contributed by atoms with Gasteiger partial charge in [-0.3, -0.25) is 0 Å². The summed E-state index contributed by atoms with van der Waals surface area (Å²) in [5.74, 6) is 0. The number of carbonyl (C=O) groups excluding carboxylic acids is 1. The Labute approximate surface area is 109 Å². The van der Waals surface area contributed by atoms with Gasteiger partial charge < -0.3 is 20.1 Å². The van der Waals surface area contributed by atoms with Crippen molar-refractivity contribution in [2.75, 3.05) is 26.8 Å². The average Bonchev–Trinajstić information content (AvgIpc) is 2.80. The van der Waals surface area contributed by atoms with Crippen LogP contribution in [0.3, 0.4) is 0 Å². The van der Waals surface area contributed by atoms with Gasteiger partial charge in [-0.1, -0.05) is 6.92 Å². The summed E-state index contributed by atoms with van der Waals surface area (Å²) in [5.41, 5.74) is -0.745. The highest BCUT2D eigenvalue weighted by molar-refractivity contribution is 5.75. The third kappa shape index (κ3) is 3.14. The first-order valence-corrected chi connectivity index (χ1v) is 6.62. The number of carbonyl (C=O) groups is 1. The zero-order valence-electron chi connectivity index (χ0n) is 12.0. The molecule has 0 radical (unpaired) electrons. The highest BCUT2D eigenvalue weighted by Gasteiger charge is 2.41. The molecule has 106 valence electrons. The van der Waals surface area contributed by atoms with Gasteiger partial charge in [-0.25, -0.2) is 4.79 Å². The monoisotopic (exact) mass is 258 g/mol. The molecule has 5 nitrogen and oxygen atoms in total. The lowest BCUT2D eigenvalue weighted by Crippen LogP contribution is -2.55. The van der Waals surface area contributed by atoms with E-state index in [-0.39, 0.29) is 23.8 Å². The van der Waals surface area contributed by atoms with Crippen LogP contribution in [0.25, 0.3) is 0 Å². The molecule has 1 saturated heterocycles. The number of rotatable bonds is 5. The molecule has 2 N–H and O–H groups in total. The summed E-state index contributed by atoms with van der Waals surface area (Å²) < 4.78 is 5.27. The molecule has 0 aliphatic carbocycles. The SMILES string of the molecule is CC[C@@]1(CO)CCCN1C(=O)NCC(C)(C)OC. The lowest BCUT2D eigenvalue weighted by atomic mass is 9.94. The van der Waals surface area contributed by atoms with Gasteiger partial charge in [-0.2, -0.15) is 0 Å². The zero-order valence-corrected chi connectivity index (χ0v) is 12.0. The van der Waals surface area contributed by atoms with E-state index in [2.05, 4.69) is 5.32 Å². The van der Waals surface area contributed by atoms with Gasteiger partial charge in [0.25, 0.3) is 0 Å². The number of amides is 2. The van der Waals surface area contributed by atoms with Crippen LogP contribution in [0.1, 0.15) is 40.0 Å². The molecule has 5 heteroatoms. The largest absolute Gasteiger partial charge is 0.394 e. The Morgan fingerprint density at radius 2 is 2.22 bits per heavy atom. The minimum atomic E-state index is -0.374. The molecule has 2 amide bonds. The Balaban J connectivity index is 2.61. The third-order valence-electron chi connectivity index (χ3n) is 4.01. The molecule has 0 unspecified atom stereocenters. The quantitative estimate of drug-likeness (QED) is 0.782. The first-order chi connectivity index (χ1) is 8.40. The number of urea groups is 1. The van der Waals surface area contributed by atoms with Crippen molar-refractivity contribution in [1.82, 2.24) is 10.2 Å². The van der Waals surface area contributed by atoms with Crippen molar-refractivity contribution in [3.8, 4) is 0 Å². The summed E-state index contributed by atoms with van der Waals surface area (Å²) in [4.78, 5) is 14.0. The van der Waals surface area contributed by atoms with Gasteiger partial charge in [0.05, 0.1) is 17.7 Å². The fourth-order valence-corrected chi connectivity index (χ4v) is 2.36. The summed E-state index contributed by atoms with van der Waals surface area (Å²) in [6, 6.07) is -0.103. The molecular weight excluding hydrogens is 232 g/mol. The van der Waals surface area contributed by atoms with Crippen LogP contribution in [-0.2, 0) is 4.74 Å². The van der Waals surface area contributed by atoms with Crippen molar-refractivity contribution in [3.63, 3.8) is 0 Å². The van der Waals surface area contributed by atoms with Crippen LogP contribution in [0.4, 0.5) is 4.79 Å². The normalized spacial score (nSPS) is 24.4. The first kappa shape index (κ1) is 15.2. The fraction of sp³-hybridized carbons (Fsp3) is 0.923. The Bertz CT molecular complexity index is 288. The molecule has 0 aromatic heterocycles. The van der Waals surface area contributed by atoms with Gasteiger partial charge in [0.2, 0.25) is 0 Å². The molecule has 1 atom stereocenters. The summed E-state index contributed by atoms with van der Waals surface area (Å²) in [6.07, 6.45) is 2.61. The Hall–Kier alpha value is -0.810. The molecule has 0 spiro atoms. The Morgan fingerprint density at radius 3 is 2.72 bits per heavy atom. The number of aliphatic hydroxyl groups excluding tert-OH is 1. The molecule has 18 heavy (non-hydrogen) atoms. The second-order valence-electron chi connectivity index (χ2n) is 5.61. The number of hydrogen-bond acceptors (Lipinski definition) is 3. The summed E-state index contributed by atoms with van der Waals surface area (Å²) in [5, 5.41) is 12.5. The minimum Gasteiger partial charge on any atom is -0.394 e. The maximum atomic E-state index is 12.2. The van der Waals surface area contributed by atoms with E-state index in [1.54, 1.807) is 12.0 Å². The molecule has 0 aromatic rings. The Kier molecular flexibility index (Phi) is 4.99. The van der Waals surface area contributed by atoms with Crippen molar-refractivity contribution in [1.29, 1.82) is 0 Å². The lowest BCUT2D eigenvalue weighted by Gasteiger charge is -2.37. The number of methoxy groups -OCH3 is 1. The third-order valence-corrected chi connectivity index (χ3v) is 4.01. The molecular formula is C13H26N2O3. The number of aliphatic hydroxyl groups is 1.